The largest absolute Gasteiger partial charge is 0.497 e. The molecule has 0 atom stereocenters. The summed E-state index contributed by atoms with van der Waals surface area (Å²) < 4.78 is 29.6. The fourth-order valence-electron chi connectivity index (χ4n) is 2.86. The lowest BCUT2D eigenvalue weighted by molar-refractivity contribution is 0.284. The molecule has 4 nitrogen and oxygen atoms in total. The molecule has 0 spiro atoms. The van der Waals surface area contributed by atoms with Crippen LogP contribution in [0.3, 0.4) is 0 Å². The van der Waals surface area contributed by atoms with Gasteiger partial charge in [-0.1, -0.05) is 41.4 Å². The van der Waals surface area contributed by atoms with E-state index in [1.165, 1.54) is 12.1 Å². The Kier molecular flexibility index (Phi) is 7.80. The molecule has 1 N–H and O–H groups in total. The van der Waals surface area contributed by atoms with Crippen LogP contribution in [0.1, 0.15) is 16.7 Å². The van der Waals surface area contributed by atoms with Crippen molar-refractivity contribution in [3.8, 4) is 17.2 Å². The zero-order chi connectivity index (χ0) is 21.5. The van der Waals surface area contributed by atoms with Gasteiger partial charge in [0.2, 0.25) is 0 Å². The van der Waals surface area contributed by atoms with Crippen molar-refractivity contribution in [3.05, 3.63) is 87.2 Å². The van der Waals surface area contributed by atoms with Crippen LogP contribution in [0, 0.1) is 5.82 Å². The molecule has 0 bridgehead atoms. The van der Waals surface area contributed by atoms with E-state index in [0.717, 1.165) is 16.9 Å². The van der Waals surface area contributed by atoms with Gasteiger partial charge in [0.15, 0.2) is 11.5 Å². The molecule has 0 unspecified atom stereocenters. The monoisotopic (exact) mass is 449 g/mol. The summed E-state index contributed by atoms with van der Waals surface area (Å²) in [6, 6.07) is 15.6. The minimum Gasteiger partial charge on any atom is -0.497 e. The number of benzene rings is 3. The summed E-state index contributed by atoms with van der Waals surface area (Å²) in [5, 5.41) is 4.22. The lowest BCUT2D eigenvalue weighted by atomic mass is 10.1. The topological polar surface area (TPSA) is 39.7 Å². The van der Waals surface area contributed by atoms with Crippen LogP contribution in [-0.4, -0.2) is 14.2 Å². The van der Waals surface area contributed by atoms with Crippen molar-refractivity contribution < 1.29 is 18.6 Å². The van der Waals surface area contributed by atoms with Crippen LogP contribution in [0.2, 0.25) is 10.0 Å². The lowest BCUT2D eigenvalue weighted by Crippen LogP contribution is -2.13. The number of rotatable bonds is 9. The number of ether oxygens (including phenoxy) is 3. The van der Waals surface area contributed by atoms with Gasteiger partial charge >= 0.3 is 0 Å². The van der Waals surface area contributed by atoms with Gasteiger partial charge < -0.3 is 19.5 Å². The van der Waals surface area contributed by atoms with Crippen molar-refractivity contribution in [2.24, 2.45) is 0 Å². The van der Waals surface area contributed by atoms with E-state index in [0.29, 0.717) is 40.2 Å². The van der Waals surface area contributed by atoms with Crippen molar-refractivity contribution in [1.29, 1.82) is 0 Å². The Labute approximate surface area is 185 Å². The number of methoxy groups -OCH3 is 2. The molecule has 0 aliphatic carbocycles. The first kappa shape index (κ1) is 22.2. The molecule has 0 aliphatic heterocycles. The van der Waals surface area contributed by atoms with Gasteiger partial charge in [-0.3, -0.25) is 0 Å². The second-order valence-corrected chi connectivity index (χ2v) is 7.38. The molecule has 158 valence electrons. The van der Waals surface area contributed by atoms with Crippen LogP contribution in [0.4, 0.5) is 4.39 Å². The fourth-order valence-corrected chi connectivity index (χ4v) is 3.31. The Morgan fingerprint density at radius 3 is 2.20 bits per heavy atom. The molecule has 3 aromatic rings. The number of hydrogen-bond acceptors (Lipinski definition) is 4. The summed E-state index contributed by atoms with van der Waals surface area (Å²) >= 11 is 12.5. The third-order valence-corrected chi connectivity index (χ3v) is 5.24. The number of hydrogen-bond donors (Lipinski definition) is 1. The Bertz CT molecular complexity index is 996. The van der Waals surface area contributed by atoms with E-state index >= 15 is 0 Å². The lowest BCUT2D eigenvalue weighted by Gasteiger charge is -2.15. The van der Waals surface area contributed by atoms with Crippen LogP contribution in [-0.2, 0) is 19.7 Å². The van der Waals surface area contributed by atoms with Gasteiger partial charge in [0.25, 0.3) is 0 Å². The highest BCUT2D eigenvalue weighted by atomic mass is 35.5. The first-order valence-corrected chi connectivity index (χ1v) is 10.0. The first-order valence-electron chi connectivity index (χ1n) is 9.27. The molecule has 0 fully saturated rings. The summed E-state index contributed by atoms with van der Waals surface area (Å²) in [4.78, 5) is 0. The maximum atomic E-state index is 13.2. The van der Waals surface area contributed by atoms with E-state index in [1.54, 1.807) is 26.4 Å². The summed E-state index contributed by atoms with van der Waals surface area (Å²) in [6.45, 7) is 1.41. The summed E-state index contributed by atoms with van der Waals surface area (Å²) in [5.41, 5.74) is 2.69. The van der Waals surface area contributed by atoms with Crippen LogP contribution >= 0.6 is 23.2 Å². The standard InChI is InChI=1S/C23H22Cl2FNO3/c1-28-19-7-3-15(4-8-19)12-27-13-17-9-22(29-2)23(11-21(17)25)30-14-16-5-6-18(26)10-20(16)24/h3-11,27H,12-14H2,1-2H3. The molecular formula is C23H22Cl2FNO3. The maximum Gasteiger partial charge on any atom is 0.163 e. The zero-order valence-electron chi connectivity index (χ0n) is 16.7. The third kappa shape index (κ3) is 5.79. The van der Waals surface area contributed by atoms with Gasteiger partial charge in [-0.05, 0) is 41.5 Å². The quantitative estimate of drug-likeness (QED) is 0.433. The Balaban J connectivity index is 1.63. The van der Waals surface area contributed by atoms with E-state index in [9.17, 15) is 4.39 Å². The second-order valence-electron chi connectivity index (χ2n) is 6.57. The van der Waals surface area contributed by atoms with Gasteiger partial charge in [-0.25, -0.2) is 4.39 Å². The molecule has 3 aromatic carbocycles. The molecule has 0 radical (unpaired) electrons. The highest BCUT2D eigenvalue weighted by Crippen LogP contribution is 2.34. The fraction of sp³-hybridized carbons (Fsp3) is 0.217. The third-order valence-electron chi connectivity index (χ3n) is 4.53. The maximum absolute atomic E-state index is 13.2. The van der Waals surface area contributed by atoms with E-state index in [1.807, 2.05) is 30.3 Å². The average molecular weight is 450 g/mol. The van der Waals surface area contributed by atoms with Crippen molar-refractivity contribution in [2.75, 3.05) is 14.2 Å². The number of nitrogens with one attached hydrogen (secondary N) is 1. The van der Waals surface area contributed by atoms with Gasteiger partial charge in [-0.2, -0.15) is 0 Å². The molecule has 7 heteroatoms. The van der Waals surface area contributed by atoms with Crippen molar-refractivity contribution in [1.82, 2.24) is 5.32 Å². The SMILES string of the molecule is COc1ccc(CNCc2cc(OC)c(OCc3ccc(F)cc3Cl)cc2Cl)cc1. The van der Waals surface area contributed by atoms with Crippen molar-refractivity contribution in [2.45, 2.75) is 19.7 Å². The summed E-state index contributed by atoms with van der Waals surface area (Å²) in [6.07, 6.45) is 0. The van der Waals surface area contributed by atoms with Crippen LogP contribution < -0.4 is 19.5 Å². The van der Waals surface area contributed by atoms with E-state index in [2.05, 4.69) is 5.32 Å². The van der Waals surface area contributed by atoms with Gasteiger partial charge in [-0.15, -0.1) is 0 Å². The molecule has 0 heterocycles. The van der Waals surface area contributed by atoms with E-state index in [-0.39, 0.29) is 6.61 Å². The summed E-state index contributed by atoms with van der Waals surface area (Å²) in [5.74, 6) is 1.47. The highest BCUT2D eigenvalue weighted by Gasteiger charge is 2.12. The predicted molar refractivity (Wildman–Crippen MR) is 117 cm³/mol. The number of halogens is 3. The Morgan fingerprint density at radius 2 is 1.53 bits per heavy atom. The van der Waals surface area contributed by atoms with Gasteiger partial charge in [0.05, 0.1) is 19.2 Å². The second kappa shape index (κ2) is 10.5. The smallest absolute Gasteiger partial charge is 0.163 e. The first-order chi connectivity index (χ1) is 14.5. The molecule has 30 heavy (non-hydrogen) atoms. The molecule has 0 aliphatic rings. The van der Waals surface area contributed by atoms with Crippen LogP contribution in [0.15, 0.2) is 54.6 Å². The van der Waals surface area contributed by atoms with Crippen LogP contribution in [0.25, 0.3) is 0 Å². The molecule has 3 rings (SSSR count). The average Bonchev–Trinajstić information content (AvgIpc) is 2.75. The Morgan fingerprint density at radius 1 is 0.800 bits per heavy atom. The van der Waals surface area contributed by atoms with Crippen LogP contribution in [0.5, 0.6) is 17.2 Å². The minimum absolute atomic E-state index is 0.168. The summed E-state index contributed by atoms with van der Waals surface area (Å²) in [7, 11) is 3.21. The predicted octanol–water partition coefficient (Wildman–Crippen LogP) is 6.02. The van der Waals surface area contributed by atoms with Crippen molar-refractivity contribution in [3.63, 3.8) is 0 Å². The van der Waals surface area contributed by atoms with Gasteiger partial charge in [0.1, 0.15) is 18.2 Å². The van der Waals surface area contributed by atoms with Crippen molar-refractivity contribution >= 4 is 23.2 Å². The molecule has 0 saturated heterocycles. The zero-order valence-corrected chi connectivity index (χ0v) is 18.2. The minimum atomic E-state index is -0.393. The molecular weight excluding hydrogens is 428 g/mol. The van der Waals surface area contributed by atoms with Gasteiger partial charge in [0, 0.05) is 29.7 Å². The normalized spacial score (nSPS) is 10.7. The Hall–Kier alpha value is -2.47. The molecule has 0 amide bonds. The van der Waals surface area contributed by atoms with E-state index in [4.69, 9.17) is 37.4 Å². The highest BCUT2D eigenvalue weighted by molar-refractivity contribution is 6.31. The molecule has 0 aromatic heterocycles. The van der Waals surface area contributed by atoms with E-state index < -0.39 is 5.82 Å². The molecule has 0 saturated carbocycles.